The molecule has 3 nitrogen and oxygen atoms in total. The molecule has 0 aromatic rings. The van der Waals surface area contributed by atoms with Crippen LogP contribution in [0, 0.1) is 34.5 Å². The van der Waals surface area contributed by atoms with Gasteiger partial charge in [0.1, 0.15) is 5.78 Å². The molecule has 0 aliphatic heterocycles. The average molecular weight is 443 g/mol. The fourth-order valence-electron chi connectivity index (χ4n) is 8.55. The standard InChI is InChI=1S/C29H46O3/c1-4-5-6-7-8-9-10-11-12-20-19-25(31)29(3)17-15-22-21(26(20)29)13-14-23-27(32)24(30)16-18-28(22,23)2/h20-22,26,32H,4-19H2,1-3H3/t20?,21-,22-,26+,28-,29-/m1/s1. The number of aliphatic hydroxyl groups excluding tert-OH is 1. The first-order chi connectivity index (χ1) is 15.3. The molecule has 1 N–H and O–H groups in total. The number of rotatable bonds is 9. The summed E-state index contributed by atoms with van der Waals surface area (Å²) in [5, 5.41) is 10.6. The van der Waals surface area contributed by atoms with E-state index in [2.05, 4.69) is 20.8 Å². The Morgan fingerprint density at radius 2 is 1.56 bits per heavy atom. The third-order valence-electron chi connectivity index (χ3n) is 10.4. The Hall–Kier alpha value is -1.12. The van der Waals surface area contributed by atoms with Gasteiger partial charge in [0, 0.05) is 18.3 Å². The molecule has 0 bridgehead atoms. The highest BCUT2D eigenvalue weighted by atomic mass is 16.3. The summed E-state index contributed by atoms with van der Waals surface area (Å²) in [4.78, 5) is 25.4. The maximum atomic E-state index is 13.2. The van der Waals surface area contributed by atoms with Crippen molar-refractivity contribution >= 4 is 11.6 Å². The zero-order valence-corrected chi connectivity index (χ0v) is 20.9. The van der Waals surface area contributed by atoms with Crippen LogP contribution in [-0.2, 0) is 9.59 Å². The SMILES string of the molecule is CCCCCCCCCCC1CC(=O)[C@@]2(C)CC[C@@H]3[C@@H](CCC4=C(O)C(=O)CC[C@@]43C)[C@H]12. The van der Waals surface area contributed by atoms with Gasteiger partial charge in [0.15, 0.2) is 11.5 Å². The van der Waals surface area contributed by atoms with Gasteiger partial charge in [-0.1, -0.05) is 72.1 Å². The van der Waals surface area contributed by atoms with Gasteiger partial charge >= 0.3 is 0 Å². The summed E-state index contributed by atoms with van der Waals surface area (Å²) in [5.74, 6) is 2.72. The van der Waals surface area contributed by atoms with Crippen molar-refractivity contribution in [2.24, 2.45) is 34.5 Å². The number of aliphatic hydroxyl groups is 1. The first-order valence-corrected chi connectivity index (χ1v) is 13.8. The molecule has 0 saturated heterocycles. The highest BCUT2D eigenvalue weighted by molar-refractivity contribution is 5.95. The van der Waals surface area contributed by atoms with Gasteiger partial charge in [-0.3, -0.25) is 9.59 Å². The predicted octanol–water partition coefficient (Wildman–Crippen LogP) is 7.73. The molecule has 0 spiro atoms. The van der Waals surface area contributed by atoms with E-state index in [0.29, 0.717) is 35.9 Å². The van der Waals surface area contributed by atoms with E-state index >= 15 is 0 Å². The molecule has 4 aliphatic carbocycles. The Bertz CT molecular complexity index is 752. The first-order valence-electron chi connectivity index (χ1n) is 13.8. The van der Waals surface area contributed by atoms with Crippen molar-refractivity contribution in [3.63, 3.8) is 0 Å². The predicted molar refractivity (Wildman–Crippen MR) is 129 cm³/mol. The van der Waals surface area contributed by atoms with Crippen LogP contribution < -0.4 is 0 Å². The number of unbranched alkanes of at least 4 members (excludes halogenated alkanes) is 7. The third-order valence-corrected chi connectivity index (χ3v) is 10.4. The fourth-order valence-corrected chi connectivity index (χ4v) is 8.55. The van der Waals surface area contributed by atoms with Crippen molar-refractivity contribution in [2.75, 3.05) is 0 Å². The normalized spacial score (nSPS) is 39.1. The molecule has 180 valence electrons. The Labute approximate surface area is 195 Å². The number of allylic oxidation sites excluding steroid dienone is 1. The topological polar surface area (TPSA) is 54.4 Å². The van der Waals surface area contributed by atoms with Gasteiger partial charge in [0.25, 0.3) is 0 Å². The number of carbonyl (C=O) groups is 2. The van der Waals surface area contributed by atoms with Crippen molar-refractivity contribution < 1.29 is 14.7 Å². The minimum absolute atomic E-state index is 0.0447. The van der Waals surface area contributed by atoms with Gasteiger partial charge in [0.2, 0.25) is 0 Å². The number of Topliss-reactive ketones (excluding diaryl/α,β-unsaturated/α-hetero) is 2. The lowest BCUT2D eigenvalue weighted by molar-refractivity contribution is -0.133. The number of ketones is 2. The second-order valence-electron chi connectivity index (χ2n) is 12.1. The summed E-state index contributed by atoms with van der Waals surface area (Å²) in [5.41, 5.74) is 0.870. The van der Waals surface area contributed by atoms with Crippen LogP contribution in [0.4, 0.5) is 0 Å². The Morgan fingerprint density at radius 1 is 0.875 bits per heavy atom. The van der Waals surface area contributed by atoms with Crippen LogP contribution in [0.25, 0.3) is 0 Å². The smallest absolute Gasteiger partial charge is 0.197 e. The summed E-state index contributed by atoms with van der Waals surface area (Å²) < 4.78 is 0. The average Bonchev–Trinajstić information content (AvgIpc) is 3.03. The zero-order valence-electron chi connectivity index (χ0n) is 20.9. The largest absolute Gasteiger partial charge is 0.504 e. The minimum atomic E-state index is -0.129. The fraction of sp³-hybridized carbons (Fsp3) is 0.862. The Morgan fingerprint density at radius 3 is 2.28 bits per heavy atom. The van der Waals surface area contributed by atoms with Gasteiger partial charge < -0.3 is 5.11 Å². The molecule has 1 unspecified atom stereocenters. The summed E-state index contributed by atoms with van der Waals surface area (Å²) >= 11 is 0. The van der Waals surface area contributed by atoms with Crippen LogP contribution >= 0.6 is 0 Å². The van der Waals surface area contributed by atoms with E-state index in [0.717, 1.165) is 44.1 Å². The third kappa shape index (κ3) is 4.11. The first kappa shape index (κ1) is 24.0. The molecule has 4 rings (SSSR count). The van der Waals surface area contributed by atoms with E-state index in [1.165, 1.54) is 57.8 Å². The molecule has 4 aliphatic rings. The van der Waals surface area contributed by atoms with Gasteiger partial charge in [0.05, 0.1) is 0 Å². The molecule has 0 radical (unpaired) electrons. The van der Waals surface area contributed by atoms with Gasteiger partial charge in [-0.25, -0.2) is 0 Å². The molecular weight excluding hydrogens is 396 g/mol. The lowest BCUT2D eigenvalue weighted by atomic mass is 9.46. The second-order valence-corrected chi connectivity index (χ2v) is 12.1. The molecule has 32 heavy (non-hydrogen) atoms. The van der Waals surface area contributed by atoms with Crippen molar-refractivity contribution in [1.82, 2.24) is 0 Å². The van der Waals surface area contributed by atoms with Crippen LogP contribution in [0.15, 0.2) is 11.3 Å². The van der Waals surface area contributed by atoms with Crippen LogP contribution in [0.1, 0.15) is 124 Å². The van der Waals surface area contributed by atoms with Crippen molar-refractivity contribution in [1.29, 1.82) is 0 Å². The highest BCUT2D eigenvalue weighted by Gasteiger charge is 2.62. The quantitative estimate of drug-likeness (QED) is 0.372. The highest BCUT2D eigenvalue weighted by Crippen LogP contribution is 2.66. The Balaban J connectivity index is 1.42. The van der Waals surface area contributed by atoms with Gasteiger partial charge in [-0.2, -0.15) is 0 Å². The van der Waals surface area contributed by atoms with Gasteiger partial charge in [-0.05, 0) is 73.2 Å². The summed E-state index contributed by atoms with van der Waals surface area (Å²) in [6.45, 7) is 6.86. The summed E-state index contributed by atoms with van der Waals surface area (Å²) in [6, 6.07) is 0. The Kier molecular flexibility index (Phi) is 7.23. The van der Waals surface area contributed by atoms with Crippen LogP contribution in [0.2, 0.25) is 0 Å². The van der Waals surface area contributed by atoms with E-state index in [9.17, 15) is 14.7 Å². The van der Waals surface area contributed by atoms with Crippen molar-refractivity contribution in [3.8, 4) is 0 Å². The van der Waals surface area contributed by atoms with Crippen LogP contribution in [0.3, 0.4) is 0 Å². The molecule has 3 heteroatoms. The molecule has 3 fully saturated rings. The number of hydrogen-bond donors (Lipinski definition) is 1. The lowest BCUT2D eigenvalue weighted by Gasteiger charge is -2.57. The van der Waals surface area contributed by atoms with Crippen LogP contribution in [0.5, 0.6) is 0 Å². The maximum absolute atomic E-state index is 13.2. The second kappa shape index (κ2) is 9.63. The van der Waals surface area contributed by atoms with E-state index in [4.69, 9.17) is 0 Å². The van der Waals surface area contributed by atoms with Crippen molar-refractivity contribution in [2.45, 2.75) is 124 Å². The van der Waals surface area contributed by atoms with E-state index in [1.807, 2.05) is 0 Å². The van der Waals surface area contributed by atoms with Gasteiger partial charge in [-0.15, -0.1) is 0 Å². The molecule has 0 amide bonds. The molecule has 6 atom stereocenters. The maximum Gasteiger partial charge on any atom is 0.197 e. The lowest BCUT2D eigenvalue weighted by Crippen LogP contribution is -2.52. The molecular formula is C29H46O3. The monoisotopic (exact) mass is 442 g/mol. The van der Waals surface area contributed by atoms with Crippen LogP contribution in [-0.4, -0.2) is 16.7 Å². The van der Waals surface area contributed by atoms with E-state index in [-0.39, 0.29) is 22.4 Å². The summed E-state index contributed by atoms with van der Waals surface area (Å²) in [6.07, 6.45) is 18.1. The van der Waals surface area contributed by atoms with E-state index in [1.54, 1.807) is 0 Å². The molecule has 0 aromatic carbocycles. The van der Waals surface area contributed by atoms with Crippen molar-refractivity contribution in [3.05, 3.63) is 11.3 Å². The number of carbonyl (C=O) groups excluding carboxylic acids is 2. The zero-order chi connectivity index (χ0) is 22.9. The molecule has 3 saturated carbocycles. The number of hydrogen-bond acceptors (Lipinski definition) is 3. The molecule has 0 heterocycles. The minimum Gasteiger partial charge on any atom is -0.504 e. The molecule has 0 aromatic heterocycles. The van der Waals surface area contributed by atoms with E-state index < -0.39 is 0 Å². The summed E-state index contributed by atoms with van der Waals surface area (Å²) in [7, 11) is 0. The number of fused-ring (bicyclic) bond motifs is 5.